The van der Waals surface area contributed by atoms with Gasteiger partial charge in [0.2, 0.25) is 0 Å². The van der Waals surface area contributed by atoms with Gasteiger partial charge in [-0.05, 0) is 6.42 Å². The first kappa shape index (κ1) is 11.7. The van der Waals surface area contributed by atoms with Crippen molar-refractivity contribution in [3.63, 3.8) is 0 Å². The predicted molar refractivity (Wildman–Crippen MR) is 64.7 cm³/mol. The maximum Gasteiger partial charge on any atom is 0.198 e. The molecule has 0 aromatic heterocycles. The summed E-state index contributed by atoms with van der Waals surface area (Å²) >= 11 is 4.14. The van der Waals surface area contributed by atoms with Gasteiger partial charge in [-0.2, -0.15) is 0 Å². The lowest BCUT2D eigenvalue weighted by Crippen LogP contribution is -1.79. The fraction of sp³-hybridized carbons (Fsp3) is 1.00. The van der Waals surface area contributed by atoms with Crippen LogP contribution in [0, 0.1) is 0 Å². The van der Waals surface area contributed by atoms with Crippen LogP contribution in [-0.2, 0) is 4.57 Å². The van der Waals surface area contributed by atoms with Gasteiger partial charge in [0.05, 0.1) is 0 Å². The van der Waals surface area contributed by atoms with Gasteiger partial charge in [-0.25, -0.2) is 0 Å². The van der Waals surface area contributed by atoms with Gasteiger partial charge in [0.25, 0.3) is 0 Å². The quantitative estimate of drug-likeness (QED) is 0.383. The van der Waals surface area contributed by atoms with Crippen LogP contribution in [0.15, 0.2) is 0 Å². The topological polar surface area (TPSA) is 17.1 Å². The highest BCUT2D eigenvalue weighted by Gasteiger charge is 2.09. The predicted octanol–water partition coefficient (Wildman–Crippen LogP) is 4.63. The van der Waals surface area contributed by atoms with Crippen LogP contribution in [0.1, 0.15) is 32.6 Å². The maximum atomic E-state index is 11.2. The molecule has 0 radical (unpaired) electrons. The minimum absolute atomic E-state index is 0.911. The molecule has 62 valence electrons. The maximum absolute atomic E-state index is 11.2. The minimum Gasteiger partial charge on any atom is -0.302 e. The van der Waals surface area contributed by atoms with Gasteiger partial charge >= 0.3 is 0 Å². The third-order valence-electron chi connectivity index (χ3n) is 1.27. The van der Waals surface area contributed by atoms with Gasteiger partial charge in [0.1, 0.15) is 0 Å². The molecular formula is C6H13I2OP. The fourth-order valence-corrected chi connectivity index (χ4v) is 3.36. The van der Waals surface area contributed by atoms with Crippen molar-refractivity contribution in [2.24, 2.45) is 0 Å². The number of hydrogen-bond donors (Lipinski definition) is 0. The van der Waals surface area contributed by atoms with Crippen LogP contribution in [0.2, 0.25) is 0 Å². The molecule has 0 aliphatic carbocycles. The number of halogens is 2. The standard InChI is InChI=1S/C6H13I2OP/c1-2-3-4-5-6-10(7,8)9/h2-6H2,1H3. The molecule has 0 heterocycles. The Morgan fingerprint density at radius 2 is 1.80 bits per heavy atom. The van der Waals surface area contributed by atoms with Crippen molar-refractivity contribution >= 4 is 46.5 Å². The third-order valence-corrected chi connectivity index (χ3v) is 5.00. The molecule has 0 amide bonds. The molecule has 0 aromatic rings. The van der Waals surface area contributed by atoms with Crippen molar-refractivity contribution in [2.45, 2.75) is 32.6 Å². The average molecular weight is 386 g/mol. The van der Waals surface area contributed by atoms with Crippen LogP contribution in [0.3, 0.4) is 0 Å². The Morgan fingerprint density at radius 3 is 2.20 bits per heavy atom. The molecule has 0 atom stereocenters. The van der Waals surface area contributed by atoms with E-state index in [2.05, 4.69) is 51.0 Å². The second-order valence-electron chi connectivity index (χ2n) is 2.35. The molecule has 0 spiro atoms. The Morgan fingerprint density at radius 1 is 1.20 bits per heavy atom. The zero-order chi connectivity index (χ0) is 8.04. The summed E-state index contributed by atoms with van der Waals surface area (Å²) in [7, 11) is 0. The normalized spacial score (nSPS) is 11.9. The lowest BCUT2D eigenvalue weighted by atomic mass is 10.2. The van der Waals surface area contributed by atoms with Crippen LogP contribution in [0.5, 0.6) is 0 Å². The summed E-state index contributed by atoms with van der Waals surface area (Å²) in [6.45, 7) is 2.19. The molecule has 0 unspecified atom stereocenters. The van der Waals surface area contributed by atoms with Gasteiger partial charge < -0.3 is 4.57 Å². The molecule has 10 heavy (non-hydrogen) atoms. The van der Waals surface area contributed by atoms with Gasteiger partial charge in [0.15, 0.2) is 2.43 Å². The first-order valence-electron chi connectivity index (χ1n) is 3.54. The van der Waals surface area contributed by atoms with E-state index in [0.29, 0.717) is 0 Å². The molecule has 0 aromatic carbocycles. The summed E-state index contributed by atoms with van der Waals surface area (Å²) in [4.78, 5) is 0. The van der Waals surface area contributed by atoms with Gasteiger partial charge in [0, 0.05) is 50.2 Å². The summed E-state index contributed by atoms with van der Waals surface area (Å²) in [5.74, 6) is 0. The molecular weight excluding hydrogens is 373 g/mol. The van der Waals surface area contributed by atoms with Crippen molar-refractivity contribution in [1.29, 1.82) is 0 Å². The first-order chi connectivity index (χ1) is 4.56. The summed E-state index contributed by atoms with van der Waals surface area (Å²) in [6, 6.07) is 0. The van der Waals surface area contributed by atoms with E-state index in [0.717, 1.165) is 12.6 Å². The molecule has 0 bridgehead atoms. The number of unbranched alkanes of at least 4 members (excludes halogenated alkanes) is 3. The lowest BCUT2D eigenvalue weighted by Gasteiger charge is -2.00. The van der Waals surface area contributed by atoms with E-state index in [1.165, 1.54) is 19.3 Å². The minimum atomic E-state index is -1.77. The SMILES string of the molecule is CCCCCCP(=O)(I)I. The summed E-state index contributed by atoms with van der Waals surface area (Å²) < 4.78 is 9.39. The Balaban J connectivity index is 3.13. The zero-order valence-corrected chi connectivity index (χ0v) is 11.4. The van der Waals surface area contributed by atoms with Gasteiger partial charge in [-0.15, -0.1) is 0 Å². The lowest BCUT2D eigenvalue weighted by molar-refractivity contribution is 0.592. The first-order valence-corrected chi connectivity index (χ1v) is 11.0. The monoisotopic (exact) mass is 386 g/mol. The Hall–Kier alpha value is 1.69. The number of hydrogen-bond acceptors (Lipinski definition) is 1. The van der Waals surface area contributed by atoms with Crippen molar-refractivity contribution < 1.29 is 4.57 Å². The van der Waals surface area contributed by atoms with Crippen LogP contribution < -0.4 is 0 Å². The van der Waals surface area contributed by atoms with Crippen LogP contribution in [0.4, 0.5) is 0 Å². The molecule has 0 aliphatic rings. The molecule has 0 saturated heterocycles. The summed E-state index contributed by atoms with van der Waals surface area (Å²) in [6.07, 6.45) is 5.83. The summed E-state index contributed by atoms with van der Waals surface area (Å²) in [5.41, 5.74) is 0. The number of rotatable bonds is 5. The molecule has 0 rings (SSSR count). The van der Waals surface area contributed by atoms with Crippen LogP contribution in [-0.4, -0.2) is 6.16 Å². The van der Waals surface area contributed by atoms with E-state index in [4.69, 9.17) is 0 Å². The Bertz CT molecular complexity index is 121. The van der Waals surface area contributed by atoms with E-state index >= 15 is 0 Å². The van der Waals surface area contributed by atoms with E-state index in [-0.39, 0.29) is 0 Å². The molecule has 1 nitrogen and oxygen atoms in total. The highest BCUT2D eigenvalue weighted by atomic mass is 127. The third kappa shape index (κ3) is 9.69. The molecule has 0 saturated carbocycles. The van der Waals surface area contributed by atoms with Crippen molar-refractivity contribution in [3.8, 4) is 0 Å². The van der Waals surface area contributed by atoms with Gasteiger partial charge in [-0.1, -0.05) is 26.2 Å². The van der Waals surface area contributed by atoms with E-state index in [1.807, 2.05) is 0 Å². The van der Waals surface area contributed by atoms with Crippen LogP contribution >= 0.6 is 46.5 Å². The van der Waals surface area contributed by atoms with E-state index in [1.54, 1.807) is 0 Å². The summed E-state index contributed by atoms with van der Waals surface area (Å²) in [5, 5.41) is 0. The second-order valence-corrected chi connectivity index (χ2v) is 18.8. The van der Waals surface area contributed by atoms with Crippen molar-refractivity contribution in [2.75, 3.05) is 6.16 Å². The zero-order valence-electron chi connectivity index (χ0n) is 6.15. The second kappa shape index (κ2) is 6.23. The molecule has 0 fully saturated rings. The smallest absolute Gasteiger partial charge is 0.198 e. The van der Waals surface area contributed by atoms with E-state index < -0.39 is 2.43 Å². The Labute approximate surface area is 89.1 Å². The van der Waals surface area contributed by atoms with Crippen molar-refractivity contribution in [3.05, 3.63) is 0 Å². The van der Waals surface area contributed by atoms with Crippen LogP contribution in [0.25, 0.3) is 0 Å². The molecule has 4 heteroatoms. The molecule has 0 aliphatic heterocycles. The molecule has 0 N–H and O–H groups in total. The highest BCUT2D eigenvalue weighted by Crippen LogP contribution is 2.63. The van der Waals surface area contributed by atoms with Gasteiger partial charge in [-0.3, -0.25) is 0 Å². The average Bonchev–Trinajstić information content (AvgIpc) is 1.78. The largest absolute Gasteiger partial charge is 0.302 e. The fourth-order valence-electron chi connectivity index (χ4n) is 0.723. The Kier molecular flexibility index (Phi) is 7.29. The van der Waals surface area contributed by atoms with E-state index in [9.17, 15) is 4.57 Å². The highest BCUT2D eigenvalue weighted by molar-refractivity contribution is 14.3. The van der Waals surface area contributed by atoms with Crippen molar-refractivity contribution in [1.82, 2.24) is 0 Å².